The fourth-order valence-corrected chi connectivity index (χ4v) is 1.46. The number of nitrogens with one attached hydrogen (secondary N) is 1. The van der Waals surface area contributed by atoms with Crippen molar-refractivity contribution in [1.82, 2.24) is 9.99 Å². The van der Waals surface area contributed by atoms with E-state index in [0.717, 1.165) is 11.8 Å². The van der Waals surface area contributed by atoms with Gasteiger partial charge in [-0.1, -0.05) is 6.07 Å². The molecule has 0 bridgehead atoms. The van der Waals surface area contributed by atoms with Crippen molar-refractivity contribution in [3.8, 4) is 0 Å². The maximum absolute atomic E-state index is 12.9. The van der Waals surface area contributed by atoms with Crippen LogP contribution in [-0.2, 0) is 7.05 Å². The third-order valence-corrected chi connectivity index (χ3v) is 2.43. The maximum atomic E-state index is 12.9. The number of nitrogens with zero attached hydrogens (tertiary/aromatic N) is 2. The monoisotopic (exact) mass is 245 g/mol. The average molecular weight is 245 g/mol. The van der Waals surface area contributed by atoms with Crippen LogP contribution in [-0.4, -0.2) is 16.7 Å². The SMILES string of the molecule is Cn1cccc1/C=N\NC(=O)c1cccc(F)c1. The quantitative estimate of drug-likeness (QED) is 0.651. The Morgan fingerprint density at radius 2 is 2.22 bits per heavy atom. The predicted octanol–water partition coefficient (Wildman–Crippen LogP) is 1.93. The topological polar surface area (TPSA) is 46.4 Å². The second kappa shape index (κ2) is 5.27. The zero-order chi connectivity index (χ0) is 13.0. The molecular weight excluding hydrogens is 233 g/mol. The Morgan fingerprint density at radius 3 is 2.89 bits per heavy atom. The van der Waals surface area contributed by atoms with E-state index < -0.39 is 11.7 Å². The van der Waals surface area contributed by atoms with Crippen molar-refractivity contribution < 1.29 is 9.18 Å². The Hall–Kier alpha value is -2.43. The number of hydrogen-bond donors (Lipinski definition) is 1. The van der Waals surface area contributed by atoms with E-state index in [-0.39, 0.29) is 5.56 Å². The molecular formula is C13H12FN3O. The zero-order valence-corrected chi connectivity index (χ0v) is 9.80. The number of benzene rings is 1. The van der Waals surface area contributed by atoms with E-state index in [4.69, 9.17) is 0 Å². The second-order valence-electron chi connectivity index (χ2n) is 3.75. The lowest BCUT2D eigenvalue weighted by Gasteiger charge is -2.00. The first-order valence-corrected chi connectivity index (χ1v) is 5.37. The molecule has 5 heteroatoms. The average Bonchev–Trinajstić information content (AvgIpc) is 2.75. The number of halogens is 1. The van der Waals surface area contributed by atoms with E-state index in [0.29, 0.717) is 0 Å². The number of amides is 1. The highest BCUT2D eigenvalue weighted by atomic mass is 19.1. The molecule has 0 aliphatic rings. The minimum absolute atomic E-state index is 0.235. The number of rotatable bonds is 3. The molecule has 1 heterocycles. The van der Waals surface area contributed by atoms with Crippen molar-refractivity contribution in [3.63, 3.8) is 0 Å². The molecule has 0 saturated carbocycles. The van der Waals surface area contributed by atoms with Crippen molar-refractivity contribution in [3.05, 3.63) is 59.7 Å². The summed E-state index contributed by atoms with van der Waals surface area (Å²) in [6, 6.07) is 9.17. The van der Waals surface area contributed by atoms with E-state index in [1.54, 1.807) is 0 Å². The molecule has 92 valence electrons. The first kappa shape index (κ1) is 12.0. The molecule has 1 N–H and O–H groups in total. The number of hydrogen-bond acceptors (Lipinski definition) is 2. The van der Waals surface area contributed by atoms with Gasteiger partial charge in [0, 0.05) is 18.8 Å². The molecule has 0 aliphatic heterocycles. The van der Waals surface area contributed by atoms with Gasteiger partial charge in [0.1, 0.15) is 5.82 Å². The summed E-state index contributed by atoms with van der Waals surface area (Å²) >= 11 is 0. The van der Waals surface area contributed by atoms with Gasteiger partial charge in [-0.2, -0.15) is 5.10 Å². The van der Waals surface area contributed by atoms with Crippen molar-refractivity contribution in [2.45, 2.75) is 0 Å². The summed E-state index contributed by atoms with van der Waals surface area (Å²) < 4.78 is 14.8. The number of carbonyl (C=O) groups is 1. The summed E-state index contributed by atoms with van der Waals surface area (Å²) in [5.41, 5.74) is 3.43. The van der Waals surface area contributed by atoms with E-state index in [1.165, 1.54) is 24.4 Å². The standard InChI is InChI=1S/C13H12FN3O/c1-17-7-3-6-12(17)9-15-16-13(18)10-4-2-5-11(14)8-10/h2-9H,1H3,(H,16,18)/b15-9-. The Morgan fingerprint density at radius 1 is 1.39 bits per heavy atom. The van der Waals surface area contributed by atoms with Gasteiger partial charge in [0.05, 0.1) is 11.9 Å². The highest BCUT2D eigenvalue weighted by Gasteiger charge is 2.04. The van der Waals surface area contributed by atoms with Gasteiger partial charge >= 0.3 is 0 Å². The summed E-state index contributed by atoms with van der Waals surface area (Å²) in [5, 5.41) is 3.81. The number of carbonyl (C=O) groups excluding carboxylic acids is 1. The molecule has 0 spiro atoms. The van der Waals surface area contributed by atoms with E-state index >= 15 is 0 Å². The molecule has 0 atom stereocenters. The summed E-state index contributed by atoms with van der Waals surface area (Å²) in [7, 11) is 1.87. The predicted molar refractivity (Wildman–Crippen MR) is 66.9 cm³/mol. The fraction of sp³-hybridized carbons (Fsp3) is 0.0769. The van der Waals surface area contributed by atoms with Crippen LogP contribution in [0.1, 0.15) is 16.1 Å². The van der Waals surface area contributed by atoms with Crippen LogP contribution in [0.3, 0.4) is 0 Å². The Labute approximate surface area is 104 Å². The molecule has 0 fully saturated rings. The van der Waals surface area contributed by atoms with Gasteiger partial charge in [-0.25, -0.2) is 9.82 Å². The summed E-state index contributed by atoms with van der Waals surface area (Å²) in [6.45, 7) is 0. The largest absolute Gasteiger partial charge is 0.350 e. The lowest BCUT2D eigenvalue weighted by Crippen LogP contribution is -2.17. The Kier molecular flexibility index (Phi) is 3.52. The van der Waals surface area contributed by atoms with Crippen molar-refractivity contribution in [2.24, 2.45) is 12.1 Å². The van der Waals surface area contributed by atoms with Crippen LogP contribution in [0.5, 0.6) is 0 Å². The second-order valence-corrected chi connectivity index (χ2v) is 3.75. The van der Waals surface area contributed by atoms with Crippen LogP contribution < -0.4 is 5.43 Å². The molecule has 1 aromatic heterocycles. The normalized spacial score (nSPS) is 10.8. The van der Waals surface area contributed by atoms with Crippen molar-refractivity contribution >= 4 is 12.1 Å². The maximum Gasteiger partial charge on any atom is 0.271 e. The van der Waals surface area contributed by atoms with E-state index in [9.17, 15) is 9.18 Å². The van der Waals surface area contributed by atoms with Gasteiger partial charge < -0.3 is 4.57 Å². The Balaban J connectivity index is 2.01. The van der Waals surface area contributed by atoms with Crippen molar-refractivity contribution in [2.75, 3.05) is 0 Å². The smallest absolute Gasteiger partial charge is 0.271 e. The van der Waals surface area contributed by atoms with Crippen LogP contribution in [0, 0.1) is 5.82 Å². The van der Waals surface area contributed by atoms with Gasteiger partial charge in [-0.15, -0.1) is 0 Å². The third-order valence-electron chi connectivity index (χ3n) is 2.43. The number of hydrazone groups is 1. The van der Waals surface area contributed by atoms with E-state index in [2.05, 4.69) is 10.5 Å². The lowest BCUT2D eigenvalue weighted by molar-refractivity contribution is 0.0954. The Bertz CT molecular complexity index is 589. The third kappa shape index (κ3) is 2.82. The molecule has 1 amide bonds. The minimum atomic E-state index is -0.450. The lowest BCUT2D eigenvalue weighted by atomic mass is 10.2. The van der Waals surface area contributed by atoms with Gasteiger partial charge in [-0.3, -0.25) is 4.79 Å². The highest BCUT2D eigenvalue weighted by Crippen LogP contribution is 2.03. The zero-order valence-electron chi connectivity index (χ0n) is 9.80. The van der Waals surface area contributed by atoms with Gasteiger partial charge in [-0.05, 0) is 30.3 Å². The molecule has 0 aliphatic carbocycles. The first-order valence-electron chi connectivity index (χ1n) is 5.37. The van der Waals surface area contributed by atoms with Crippen molar-refractivity contribution in [1.29, 1.82) is 0 Å². The number of aromatic nitrogens is 1. The van der Waals surface area contributed by atoms with Crippen LogP contribution in [0.25, 0.3) is 0 Å². The molecule has 2 aromatic rings. The molecule has 2 rings (SSSR count). The molecule has 0 unspecified atom stereocenters. The van der Waals surface area contributed by atoms with Gasteiger partial charge in [0.25, 0.3) is 5.91 Å². The van der Waals surface area contributed by atoms with Crippen LogP contribution in [0.15, 0.2) is 47.7 Å². The fourth-order valence-electron chi connectivity index (χ4n) is 1.46. The van der Waals surface area contributed by atoms with Crippen LogP contribution in [0.2, 0.25) is 0 Å². The summed E-state index contributed by atoms with van der Waals surface area (Å²) in [5.74, 6) is -0.894. The molecule has 0 saturated heterocycles. The summed E-state index contributed by atoms with van der Waals surface area (Å²) in [6.07, 6.45) is 3.40. The van der Waals surface area contributed by atoms with Gasteiger partial charge in [0.2, 0.25) is 0 Å². The van der Waals surface area contributed by atoms with E-state index in [1.807, 2.05) is 29.9 Å². The van der Waals surface area contributed by atoms with Crippen LogP contribution in [0.4, 0.5) is 4.39 Å². The summed E-state index contributed by atoms with van der Waals surface area (Å²) in [4.78, 5) is 11.6. The minimum Gasteiger partial charge on any atom is -0.350 e. The molecule has 0 radical (unpaired) electrons. The van der Waals surface area contributed by atoms with Crippen LogP contribution >= 0.6 is 0 Å². The highest BCUT2D eigenvalue weighted by molar-refractivity contribution is 5.94. The molecule has 1 aromatic carbocycles. The van der Waals surface area contributed by atoms with Gasteiger partial charge in [0.15, 0.2) is 0 Å². The first-order chi connectivity index (χ1) is 8.66. The number of aryl methyl sites for hydroxylation is 1. The molecule has 4 nitrogen and oxygen atoms in total. The molecule has 18 heavy (non-hydrogen) atoms.